The first-order valence-corrected chi connectivity index (χ1v) is 6.45. The number of nitrogens with two attached hydrogens (primary N) is 1. The van der Waals surface area contributed by atoms with Gasteiger partial charge in [0, 0.05) is 11.3 Å². The monoisotopic (exact) mass is 279 g/mol. The van der Waals surface area contributed by atoms with Crippen LogP contribution in [0.4, 0.5) is 10.1 Å². The maximum Gasteiger partial charge on any atom is 0.238 e. The summed E-state index contributed by atoms with van der Waals surface area (Å²) in [5, 5.41) is 14.5. The molecule has 6 heteroatoms. The Labute approximate surface area is 116 Å². The van der Waals surface area contributed by atoms with E-state index in [1.807, 2.05) is 6.92 Å². The molecule has 1 aliphatic rings. The Morgan fingerprint density at radius 1 is 1.55 bits per heavy atom. The highest BCUT2D eigenvalue weighted by Gasteiger charge is 2.52. The Morgan fingerprint density at radius 3 is 2.75 bits per heavy atom. The van der Waals surface area contributed by atoms with E-state index < -0.39 is 5.41 Å². The predicted molar refractivity (Wildman–Crippen MR) is 74.0 cm³/mol. The van der Waals surface area contributed by atoms with Crippen LogP contribution >= 0.6 is 0 Å². The number of carbonyl (C=O) groups excluding carboxylic acids is 1. The van der Waals surface area contributed by atoms with Gasteiger partial charge in [-0.25, -0.2) is 4.39 Å². The zero-order chi connectivity index (χ0) is 14.9. The van der Waals surface area contributed by atoms with Crippen molar-refractivity contribution in [1.29, 1.82) is 0 Å². The lowest BCUT2D eigenvalue weighted by molar-refractivity contribution is -0.127. The number of carbonyl (C=O) groups is 1. The summed E-state index contributed by atoms with van der Waals surface area (Å²) in [6.07, 6.45) is 1.03. The molecule has 20 heavy (non-hydrogen) atoms. The highest BCUT2D eigenvalue weighted by atomic mass is 19.1. The molecule has 108 valence electrons. The fourth-order valence-corrected chi connectivity index (χ4v) is 2.72. The second-order valence-electron chi connectivity index (χ2n) is 5.45. The number of rotatable bonds is 3. The van der Waals surface area contributed by atoms with Gasteiger partial charge in [-0.05, 0) is 37.8 Å². The molecular weight excluding hydrogens is 261 g/mol. The minimum absolute atomic E-state index is 0.0952. The highest BCUT2D eigenvalue weighted by molar-refractivity contribution is 6.12. The molecule has 0 bridgehead atoms. The third-order valence-corrected chi connectivity index (χ3v) is 3.94. The summed E-state index contributed by atoms with van der Waals surface area (Å²) in [5.74, 6) is -0.515. The van der Waals surface area contributed by atoms with Crippen LogP contribution in [0.2, 0.25) is 0 Å². The molecule has 0 unspecified atom stereocenters. The van der Waals surface area contributed by atoms with Gasteiger partial charge in [-0.1, -0.05) is 18.1 Å². The van der Waals surface area contributed by atoms with Crippen LogP contribution in [-0.2, 0) is 4.79 Å². The third-order valence-electron chi connectivity index (χ3n) is 3.94. The molecular formula is C14H18FN3O2. The van der Waals surface area contributed by atoms with Crippen LogP contribution in [0.3, 0.4) is 0 Å². The molecule has 0 saturated heterocycles. The van der Waals surface area contributed by atoms with E-state index >= 15 is 0 Å². The average Bonchev–Trinajstić information content (AvgIpc) is 2.39. The van der Waals surface area contributed by atoms with Gasteiger partial charge in [-0.2, -0.15) is 0 Å². The van der Waals surface area contributed by atoms with Crippen molar-refractivity contribution in [3.63, 3.8) is 0 Å². The molecule has 0 radical (unpaired) electrons. The second-order valence-corrected chi connectivity index (χ2v) is 5.45. The SMILES string of the molecule is Cc1c(F)cccc1NC(=O)C1(/C(N)=N/O)CC(C)C1. The van der Waals surface area contributed by atoms with E-state index in [4.69, 9.17) is 10.9 Å². The first-order chi connectivity index (χ1) is 9.40. The highest BCUT2D eigenvalue weighted by Crippen LogP contribution is 2.46. The molecule has 1 fully saturated rings. The van der Waals surface area contributed by atoms with Crippen molar-refractivity contribution in [1.82, 2.24) is 0 Å². The number of hydrogen-bond acceptors (Lipinski definition) is 3. The second kappa shape index (κ2) is 5.11. The Kier molecular flexibility index (Phi) is 3.65. The molecule has 1 aromatic rings. The van der Waals surface area contributed by atoms with E-state index in [1.165, 1.54) is 12.1 Å². The van der Waals surface area contributed by atoms with Crippen LogP contribution in [-0.4, -0.2) is 17.0 Å². The number of amidine groups is 1. The molecule has 5 nitrogen and oxygen atoms in total. The van der Waals surface area contributed by atoms with E-state index in [-0.39, 0.29) is 17.6 Å². The maximum absolute atomic E-state index is 13.5. The lowest BCUT2D eigenvalue weighted by atomic mass is 9.61. The number of hydrogen-bond donors (Lipinski definition) is 3. The zero-order valence-electron chi connectivity index (χ0n) is 11.5. The van der Waals surface area contributed by atoms with Crippen molar-refractivity contribution in [2.45, 2.75) is 26.7 Å². The minimum atomic E-state index is -0.993. The first-order valence-electron chi connectivity index (χ1n) is 6.45. The van der Waals surface area contributed by atoms with E-state index in [2.05, 4.69) is 10.5 Å². The fraction of sp³-hybridized carbons (Fsp3) is 0.429. The largest absolute Gasteiger partial charge is 0.409 e. The lowest BCUT2D eigenvalue weighted by Gasteiger charge is -2.43. The number of amides is 1. The van der Waals surface area contributed by atoms with E-state index in [1.54, 1.807) is 13.0 Å². The molecule has 1 saturated carbocycles. The van der Waals surface area contributed by atoms with Crippen LogP contribution in [0, 0.1) is 24.1 Å². The van der Waals surface area contributed by atoms with E-state index in [0.717, 1.165) is 0 Å². The summed E-state index contributed by atoms with van der Waals surface area (Å²) in [7, 11) is 0. The van der Waals surface area contributed by atoms with Crippen molar-refractivity contribution < 1.29 is 14.4 Å². The van der Waals surface area contributed by atoms with Crippen LogP contribution in [0.15, 0.2) is 23.4 Å². The minimum Gasteiger partial charge on any atom is -0.409 e. The van der Waals surface area contributed by atoms with Crippen LogP contribution in [0.25, 0.3) is 0 Å². The van der Waals surface area contributed by atoms with Crippen molar-refractivity contribution in [2.75, 3.05) is 5.32 Å². The molecule has 0 aliphatic heterocycles. The lowest BCUT2D eigenvalue weighted by Crippen LogP contribution is -2.54. The summed E-state index contributed by atoms with van der Waals surface area (Å²) >= 11 is 0. The van der Waals surface area contributed by atoms with Crippen LogP contribution in [0.5, 0.6) is 0 Å². The Balaban J connectivity index is 2.25. The van der Waals surface area contributed by atoms with Gasteiger partial charge in [-0.3, -0.25) is 4.79 Å². The summed E-state index contributed by atoms with van der Waals surface area (Å²) in [5.41, 5.74) is 5.44. The number of anilines is 1. The van der Waals surface area contributed by atoms with Gasteiger partial charge in [0.2, 0.25) is 5.91 Å². The molecule has 1 amide bonds. The first kappa shape index (κ1) is 14.3. The number of benzene rings is 1. The maximum atomic E-state index is 13.5. The molecule has 2 rings (SSSR count). The topological polar surface area (TPSA) is 87.7 Å². The Bertz CT molecular complexity index is 566. The van der Waals surface area contributed by atoms with Crippen LogP contribution < -0.4 is 11.1 Å². The number of halogens is 1. The quantitative estimate of drug-likeness (QED) is 0.343. The molecule has 0 heterocycles. The number of oxime groups is 1. The molecule has 1 aromatic carbocycles. The summed E-state index contributed by atoms with van der Waals surface area (Å²) in [6, 6.07) is 4.48. The van der Waals surface area contributed by atoms with E-state index in [0.29, 0.717) is 30.0 Å². The predicted octanol–water partition coefficient (Wildman–Crippen LogP) is 2.24. The molecule has 0 atom stereocenters. The van der Waals surface area contributed by atoms with Crippen molar-refractivity contribution in [3.05, 3.63) is 29.6 Å². The van der Waals surface area contributed by atoms with Crippen molar-refractivity contribution >= 4 is 17.4 Å². The Hall–Kier alpha value is -2.11. The van der Waals surface area contributed by atoms with Gasteiger partial charge in [-0.15, -0.1) is 0 Å². The standard InChI is InChI=1S/C14H18FN3O2/c1-8-6-14(7-8,12(16)18-20)13(19)17-11-5-3-4-10(15)9(11)2/h3-5,8,20H,6-7H2,1-2H3,(H2,16,18)(H,17,19). The third kappa shape index (κ3) is 2.21. The van der Waals surface area contributed by atoms with Crippen molar-refractivity contribution in [2.24, 2.45) is 22.2 Å². The smallest absolute Gasteiger partial charge is 0.238 e. The van der Waals surface area contributed by atoms with Gasteiger partial charge in [0.05, 0.1) is 0 Å². The average molecular weight is 279 g/mol. The molecule has 0 aromatic heterocycles. The van der Waals surface area contributed by atoms with E-state index in [9.17, 15) is 9.18 Å². The number of nitrogens with one attached hydrogen (secondary N) is 1. The summed E-state index contributed by atoms with van der Waals surface area (Å²) in [6.45, 7) is 3.58. The fourth-order valence-electron chi connectivity index (χ4n) is 2.72. The van der Waals surface area contributed by atoms with Crippen molar-refractivity contribution in [3.8, 4) is 0 Å². The summed E-state index contributed by atoms with van der Waals surface area (Å²) < 4.78 is 13.5. The van der Waals surface area contributed by atoms with Gasteiger partial charge in [0.25, 0.3) is 0 Å². The van der Waals surface area contributed by atoms with Gasteiger partial charge >= 0.3 is 0 Å². The van der Waals surface area contributed by atoms with Gasteiger partial charge < -0.3 is 16.3 Å². The van der Waals surface area contributed by atoms with Crippen LogP contribution in [0.1, 0.15) is 25.3 Å². The number of nitrogens with zero attached hydrogens (tertiary/aromatic N) is 1. The van der Waals surface area contributed by atoms with Gasteiger partial charge in [0.15, 0.2) is 5.84 Å². The normalized spacial score (nSPS) is 25.9. The summed E-state index contributed by atoms with van der Waals surface area (Å²) in [4.78, 5) is 12.4. The zero-order valence-corrected chi connectivity index (χ0v) is 11.5. The molecule has 1 aliphatic carbocycles. The Morgan fingerprint density at radius 2 is 2.20 bits per heavy atom. The van der Waals surface area contributed by atoms with Gasteiger partial charge in [0.1, 0.15) is 11.2 Å². The molecule has 4 N–H and O–H groups in total. The molecule has 0 spiro atoms.